The van der Waals surface area contributed by atoms with E-state index < -0.39 is 0 Å². The first-order chi connectivity index (χ1) is 11.6. The number of furan rings is 1. The smallest absolute Gasteiger partial charge is 0.290 e. The Balaban J connectivity index is 1.69. The van der Waals surface area contributed by atoms with Crippen molar-refractivity contribution >= 4 is 28.5 Å². The fraction of sp³-hybridized carbons (Fsp3) is 0.294. The molecule has 3 heterocycles. The number of nitrogens with one attached hydrogen (secondary N) is 1. The van der Waals surface area contributed by atoms with Crippen molar-refractivity contribution in [3.05, 3.63) is 53.3 Å². The minimum Gasteiger partial charge on any atom is -0.451 e. The number of imidazole rings is 1. The van der Waals surface area contributed by atoms with E-state index in [-0.39, 0.29) is 11.9 Å². The number of piperazine rings is 1. The van der Waals surface area contributed by atoms with Gasteiger partial charge in [-0.1, -0.05) is 11.6 Å². The molecular formula is C17H17ClN4O2. The topological polar surface area (TPSA) is 63.3 Å². The summed E-state index contributed by atoms with van der Waals surface area (Å²) in [5.74, 6) is 1.06. The molecule has 124 valence electrons. The molecule has 4 rings (SSSR count). The minimum absolute atomic E-state index is 0.122. The van der Waals surface area contributed by atoms with E-state index in [2.05, 4.69) is 10.3 Å². The van der Waals surface area contributed by atoms with Gasteiger partial charge in [0.1, 0.15) is 17.4 Å². The van der Waals surface area contributed by atoms with E-state index in [0.717, 1.165) is 17.8 Å². The van der Waals surface area contributed by atoms with Crippen LogP contribution < -0.4 is 5.32 Å². The summed E-state index contributed by atoms with van der Waals surface area (Å²) in [6.45, 7) is 2.02. The standard InChI is InChI=1S/C17H17ClN4O2/c1-21-6-5-20-16(21)13-10-19-4-7-22(13)17(23)15-9-11-8-12(18)2-3-14(11)24-15/h2-3,5-6,8-9,13,19H,4,7,10H2,1H3. The summed E-state index contributed by atoms with van der Waals surface area (Å²) >= 11 is 6.01. The summed E-state index contributed by atoms with van der Waals surface area (Å²) < 4.78 is 7.68. The van der Waals surface area contributed by atoms with Crippen LogP contribution in [0.2, 0.25) is 5.02 Å². The van der Waals surface area contributed by atoms with Gasteiger partial charge in [-0.05, 0) is 24.3 Å². The Morgan fingerprint density at radius 3 is 3.08 bits per heavy atom. The van der Waals surface area contributed by atoms with Crippen molar-refractivity contribution in [3.63, 3.8) is 0 Å². The van der Waals surface area contributed by atoms with Crippen molar-refractivity contribution in [1.82, 2.24) is 19.8 Å². The molecule has 0 spiro atoms. The van der Waals surface area contributed by atoms with Crippen LogP contribution in [0.25, 0.3) is 11.0 Å². The molecule has 0 bridgehead atoms. The number of carbonyl (C=O) groups excluding carboxylic acids is 1. The van der Waals surface area contributed by atoms with Crippen molar-refractivity contribution in [1.29, 1.82) is 0 Å². The fourth-order valence-corrected chi connectivity index (χ4v) is 3.32. The molecule has 24 heavy (non-hydrogen) atoms. The van der Waals surface area contributed by atoms with Crippen molar-refractivity contribution < 1.29 is 9.21 Å². The molecule has 0 saturated carbocycles. The van der Waals surface area contributed by atoms with Gasteiger partial charge in [0.15, 0.2) is 5.76 Å². The minimum atomic E-state index is -0.128. The lowest BCUT2D eigenvalue weighted by Crippen LogP contribution is -2.49. The Kier molecular flexibility index (Phi) is 3.78. The first kappa shape index (κ1) is 15.2. The third-order valence-electron chi connectivity index (χ3n) is 4.35. The molecule has 0 aliphatic carbocycles. The number of carbonyl (C=O) groups is 1. The maximum absolute atomic E-state index is 13.0. The highest BCUT2D eigenvalue weighted by Crippen LogP contribution is 2.27. The molecular weight excluding hydrogens is 328 g/mol. The number of aryl methyl sites for hydroxylation is 1. The zero-order valence-electron chi connectivity index (χ0n) is 13.2. The molecule has 1 atom stereocenters. The van der Waals surface area contributed by atoms with Gasteiger partial charge in [-0.2, -0.15) is 0 Å². The van der Waals surface area contributed by atoms with Gasteiger partial charge in [-0.3, -0.25) is 4.79 Å². The van der Waals surface area contributed by atoms with E-state index in [9.17, 15) is 4.79 Å². The Labute approximate surface area is 144 Å². The highest BCUT2D eigenvalue weighted by atomic mass is 35.5. The third-order valence-corrected chi connectivity index (χ3v) is 4.58. The molecule has 1 saturated heterocycles. The summed E-state index contributed by atoms with van der Waals surface area (Å²) in [6, 6.07) is 6.96. The van der Waals surface area contributed by atoms with E-state index in [1.165, 1.54) is 0 Å². The second kappa shape index (κ2) is 5.96. The molecule has 7 heteroatoms. The van der Waals surface area contributed by atoms with Gasteiger partial charge in [-0.15, -0.1) is 0 Å². The molecule has 3 aromatic rings. The quantitative estimate of drug-likeness (QED) is 0.776. The largest absolute Gasteiger partial charge is 0.451 e. The summed E-state index contributed by atoms with van der Waals surface area (Å²) in [6.07, 6.45) is 3.63. The first-order valence-corrected chi connectivity index (χ1v) is 8.19. The molecule has 1 unspecified atom stereocenters. The van der Waals surface area contributed by atoms with Crippen LogP contribution in [-0.4, -0.2) is 40.0 Å². The number of hydrogen-bond acceptors (Lipinski definition) is 4. The zero-order valence-corrected chi connectivity index (χ0v) is 14.0. The van der Waals surface area contributed by atoms with Crippen LogP contribution in [-0.2, 0) is 7.05 Å². The van der Waals surface area contributed by atoms with Crippen LogP contribution >= 0.6 is 11.6 Å². The van der Waals surface area contributed by atoms with E-state index in [4.69, 9.17) is 16.0 Å². The summed E-state index contributed by atoms with van der Waals surface area (Å²) in [7, 11) is 1.93. The molecule has 1 aliphatic rings. The second-order valence-electron chi connectivity index (χ2n) is 5.91. The number of rotatable bonds is 2. The van der Waals surface area contributed by atoms with Gasteiger partial charge in [0.25, 0.3) is 5.91 Å². The monoisotopic (exact) mass is 344 g/mol. The number of amides is 1. The van der Waals surface area contributed by atoms with Gasteiger partial charge >= 0.3 is 0 Å². The predicted octanol–water partition coefficient (Wildman–Crippen LogP) is 2.61. The number of aromatic nitrogens is 2. The van der Waals surface area contributed by atoms with Gasteiger partial charge in [0.05, 0.1) is 0 Å². The maximum Gasteiger partial charge on any atom is 0.290 e. The van der Waals surface area contributed by atoms with E-state index in [1.54, 1.807) is 30.5 Å². The predicted molar refractivity (Wildman–Crippen MR) is 91.1 cm³/mol. The highest BCUT2D eigenvalue weighted by Gasteiger charge is 2.32. The number of fused-ring (bicyclic) bond motifs is 1. The van der Waals surface area contributed by atoms with Crippen LogP contribution in [0.15, 0.2) is 41.1 Å². The summed E-state index contributed by atoms with van der Waals surface area (Å²) in [4.78, 5) is 19.2. The van der Waals surface area contributed by atoms with Crippen LogP contribution in [0, 0.1) is 0 Å². The van der Waals surface area contributed by atoms with E-state index in [1.807, 2.05) is 22.7 Å². The lowest BCUT2D eigenvalue weighted by molar-refractivity contribution is 0.0590. The van der Waals surface area contributed by atoms with Crippen LogP contribution in [0.4, 0.5) is 0 Å². The Bertz CT molecular complexity index is 901. The molecule has 1 fully saturated rings. The van der Waals surface area contributed by atoms with Gasteiger partial charge < -0.3 is 19.2 Å². The Morgan fingerprint density at radius 1 is 1.42 bits per heavy atom. The molecule has 1 amide bonds. The molecule has 1 N–H and O–H groups in total. The van der Waals surface area contributed by atoms with Crippen molar-refractivity contribution in [2.24, 2.45) is 7.05 Å². The van der Waals surface area contributed by atoms with Crippen molar-refractivity contribution in [3.8, 4) is 0 Å². The molecule has 0 radical (unpaired) electrons. The molecule has 1 aromatic carbocycles. The fourth-order valence-electron chi connectivity index (χ4n) is 3.14. The maximum atomic E-state index is 13.0. The number of nitrogens with zero attached hydrogens (tertiary/aromatic N) is 3. The number of halogens is 1. The number of hydrogen-bond donors (Lipinski definition) is 1. The lowest BCUT2D eigenvalue weighted by atomic mass is 10.1. The third kappa shape index (κ3) is 2.57. The Morgan fingerprint density at radius 2 is 2.29 bits per heavy atom. The normalized spacial score (nSPS) is 18.2. The van der Waals surface area contributed by atoms with Crippen molar-refractivity contribution in [2.75, 3.05) is 19.6 Å². The summed E-state index contributed by atoms with van der Waals surface area (Å²) in [5.41, 5.74) is 0.659. The molecule has 2 aromatic heterocycles. The average molecular weight is 345 g/mol. The van der Waals surface area contributed by atoms with Crippen molar-refractivity contribution in [2.45, 2.75) is 6.04 Å². The van der Waals surface area contributed by atoms with Crippen LogP contribution in [0.1, 0.15) is 22.4 Å². The zero-order chi connectivity index (χ0) is 16.7. The van der Waals surface area contributed by atoms with E-state index in [0.29, 0.717) is 29.5 Å². The first-order valence-electron chi connectivity index (χ1n) is 7.81. The van der Waals surface area contributed by atoms with Crippen LogP contribution in [0.3, 0.4) is 0 Å². The van der Waals surface area contributed by atoms with Crippen LogP contribution in [0.5, 0.6) is 0 Å². The van der Waals surface area contributed by atoms with Gasteiger partial charge in [0, 0.05) is 49.5 Å². The van der Waals surface area contributed by atoms with Gasteiger partial charge in [0.2, 0.25) is 0 Å². The SMILES string of the molecule is Cn1ccnc1C1CNCCN1C(=O)c1cc2cc(Cl)ccc2o1. The molecule has 6 nitrogen and oxygen atoms in total. The number of benzene rings is 1. The van der Waals surface area contributed by atoms with E-state index >= 15 is 0 Å². The second-order valence-corrected chi connectivity index (χ2v) is 6.34. The lowest BCUT2D eigenvalue weighted by Gasteiger charge is -2.35. The summed E-state index contributed by atoms with van der Waals surface area (Å²) in [5, 5.41) is 4.77. The average Bonchev–Trinajstić information content (AvgIpc) is 3.19. The highest BCUT2D eigenvalue weighted by molar-refractivity contribution is 6.31. The Hall–Kier alpha value is -2.31. The molecule has 1 aliphatic heterocycles. The van der Waals surface area contributed by atoms with Gasteiger partial charge in [-0.25, -0.2) is 4.98 Å².